The van der Waals surface area contributed by atoms with Crippen molar-refractivity contribution in [2.24, 2.45) is 0 Å². The minimum Gasteiger partial charge on any atom is -0.756 e. The van der Waals surface area contributed by atoms with Crippen LogP contribution in [0, 0.1) is 0 Å². The van der Waals surface area contributed by atoms with Crippen molar-refractivity contribution in [3.8, 4) is 0 Å². The number of esters is 1. The van der Waals surface area contributed by atoms with Crippen molar-refractivity contribution in [3.63, 3.8) is 0 Å². The monoisotopic (exact) mass is 1290 g/mol. The molecule has 0 radical (unpaired) electrons. The van der Waals surface area contributed by atoms with Gasteiger partial charge in [0.1, 0.15) is 19.3 Å². The van der Waals surface area contributed by atoms with Gasteiger partial charge in [0.2, 0.25) is 5.91 Å². The topological polar surface area (TPSA) is 114 Å². The van der Waals surface area contributed by atoms with E-state index in [9.17, 15) is 19.0 Å². The summed E-state index contributed by atoms with van der Waals surface area (Å²) in [6, 6.07) is -0.898. The second-order valence-electron chi connectivity index (χ2n) is 27.1. The first-order chi connectivity index (χ1) is 44.4. The molecule has 0 aliphatic carbocycles. The zero-order valence-corrected chi connectivity index (χ0v) is 61.4. The van der Waals surface area contributed by atoms with Gasteiger partial charge < -0.3 is 28.5 Å². The van der Waals surface area contributed by atoms with Gasteiger partial charge >= 0.3 is 5.97 Å². The van der Waals surface area contributed by atoms with E-state index in [4.69, 9.17) is 13.8 Å². The SMILES string of the molecule is CC/C=C\C/C=C\C/C=C\C/C=C\C/C=C\C/C=C\CCCCCCCCCCC(=O)NC(COP(=O)([O-])OCC[N+](C)(C)C)C(/C=C/CCCCCCCCCCC)OC(=O)CCCCCCCCCCCCCCCCCCC/C=C/CCCCCCCC. The first-order valence-electron chi connectivity index (χ1n) is 38.5. The van der Waals surface area contributed by atoms with E-state index in [1.165, 1.54) is 212 Å². The standard InChI is InChI=1S/C81H147N2O7P/c1-7-10-13-16-19-22-25-27-29-31-33-35-37-39-41-43-45-47-49-51-53-55-58-61-64-67-70-73-80(84)82-78(77-89-91(86,87)88-76-75-83(4,5)6)79(72-69-66-63-60-57-24-21-18-15-12-9-3)90-81(85)74-71-68-65-62-59-56-54-52-50-48-46-44-42-40-38-36-34-32-30-28-26-23-20-17-14-11-8-2/h10,13,19,22,27-30,33,35,39,41,45,47,69,72,78-79H,7-9,11-12,14-18,20-21,23-26,31-32,34,36-38,40,42-44,46,48-68,70-71,73-77H2,1-6H3,(H-,82,84,86,87)/b13-10-,22-19-,29-27-,30-28+,35-33-,41-39-,47-45-,72-69+. The van der Waals surface area contributed by atoms with Crippen molar-refractivity contribution in [3.05, 3.63) is 97.2 Å². The zero-order chi connectivity index (χ0) is 66.3. The smallest absolute Gasteiger partial charge is 0.306 e. The van der Waals surface area contributed by atoms with Gasteiger partial charge in [-0.15, -0.1) is 0 Å². The van der Waals surface area contributed by atoms with E-state index >= 15 is 0 Å². The molecule has 528 valence electrons. The largest absolute Gasteiger partial charge is 0.756 e. The summed E-state index contributed by atoms with van der Waals surface area (Å²) in [5, 5.41) is 3.04. The van der Waals surface area contributed by atoms with Crippen molar-refractivity contribution in [2.75, 3.05) is 40.9 Å². The number of quaternary nitrogens is 1. The molecule has 1 N–H and O–H groups in total. The molecule has 0 saturated carbocycles. The third-order valence-corrected chi connectivity index (χ3v) is 18.0. The summed E-state index contributed by atoms with van der Waals surface area (Å²) in [7, 11) is 1.18. The molecule has 10 heteroatoms. The molecule has 0 spiro atoms. The highest BCUT2D eigenvalue weighted by atomic mass is 31.2. The Balaban J connectivity index is 4.93. The third kappa shape index (κ3) is 71.1. The van der Waals surface area contributed by atoms with E-state index in [-0.39, 0.29) is 24.9 Å². The Morgan fingerprint density at radius 1 is 0.396 bits per heavy atom. The van der Waals surface area contributed by atoms with E-state index < -0.39 is 26.6 Å². The maximum absolute atomic E-state index is 13.6. The Kier molecular flexibility index (Phi) is 67.4. The maximum atomic E-state index is 13.6. The number of allylic oxidation sites excluding steroid dienone is 15. The number of hydrogen-bond acceptors (Lipinski definition) is 7. The van der Waals surface area contributed by atoms with Gasteiger partial charge in [-0.05, 0) is 109 Å². The highest BCUT2D eigenvalue weighted by Gasteiger charge is 2.27. The quantitative estimate of drug-likeness (QED) is 0.0212. The second kappa shape index (κ2) is 69.8. The first kappa shape index (κ1) is 87.9. The van der Waals surface area contributed by atoms with Gasteiger partial charge in [-0.25, -0.2) is 0 Å². The van der Waals surface area contributed by atoms with Gasteiger partial charge in [-0.1, -0.05) is 330 Å². The fourth-order valence-electron chi connectivity index (χ4n) is 11.1. The summed E-state index contributed by atoms with van der Waals surface area (Å²) in [6.07, 6.45) is 95.5. The number of likely N-dealkylation sites (N-methyl/N-ethyl adjacent to an activating group) is 1. The molecule has 0 aromatic heterocycles. The fourth-order valence-corrected chi connectivity index (χ4v) is 11.8. The number of hydrogen-bond donors (Lipinski definition) is 1. The Morgan fingerprint density at radius 3 is 1.07 bits per heavy atom. The average Bonchev–Trinajstić information content (AvgIpc) is 3.08. The molecule has 91 heavy (non-hydrogen) atoms. The molecule has 0 aliphatic rings. The van der Waals surface area contributed by atoms with Crippen molar-refractivity contribution >= 4 is 19.7 Å². The molecule has 0 bridgehead atoms. The van der Waals surface area contributed by atoms with Crippen LogP contribution >= 0.6 is 7.82 Å². The first-order valence-corrected chi connectivity index (χ1v) is 40.0. The average molecular weight is 1290 g/mol. The van der Waals surface area contributed by atoms with Gasteiger partial charge in [-0.2, -0.15) is 0 Å². The van der Waals surface area contributed by atoms with Crippen LogP contribution in [-0.4, -0.2) is 69.4 Å². The summed E-state index contributed by atoms with van der Waals surface area (Å²) in [5.74, 6) is -0.542. The van der Waals surface area contributed by atoms with Crippen LogP contribution < -0.4 is 10.2 Å². The number of ether oxygens (including phenoxy) is 1. The number of amides is 1. The zero-order valence-electron chi connectivity index (χ0n) is 60.5. The Hall–Kier alpha value is -3.07. The van der Waals surface area contributed by atoms with Crippen molar-refractivity contribution in [1.82, 2.24) is 5.32 Å². The maximum Gasteiger partial charge on any atom is 0.306 e. The summed E-state index contributed by atoms with van der Waals surface area (Å²) < 4.78 is 30.5. The van der Waals surface area contributed by atoms with Crippen molar-refractivity contribution in [1.29, 1.82) is 0 Å². The number of carbonyl (C=O) groups is 2. The van der Waals surface area contributed by atoms with Gasteiger partial charge in [0.15, 0.2) is 0 Å². The van der Waals surface area contributed by atoms with Crippen molar-refractivity contribution < 1.29 is 37.3 Å². The summed E-state index contributed by atoms with van der Waals surface area (Å²) in [5.41, 5.74) is 0. The molecule has 0 fully saturated rings. The molecular formula is C81H147N2O7P. The molecular weight excluding hydrogens is 1140 g/mol. The molecule has 0 rings (SSSR count). The number of rotatable bonds is 70. The predicted molar refractivity (Wildman–Crippen MR) is 394 cm³/mol. The molecule has 0 aliphatic heterocycles. The fraction of sp³-hybridized carbons (Fsp3) is 0.778. The molecule has 0 saturated heterocycles. The number of carbonyl (C=O) groups excluding carboxylic acids is 2. The molecule has 3 atom stereocenters. The third-order valence-electron chi connectivity index (χ3n) is 17.0. The predicted octanol–water partition coefficient (Wildman–Crippen LogP) is 24.4. The van der Waals surface area contributed by atoms with Gasteiger partial charge in [0, 0.05) is 12.8 Å². The molecule has 3 unspecified atom stereocenters. The van der Waals surface area contributed by atoms with Crippen LogP contribution in [0.5, 0.6) is 0 Å². The Morgan fingerprint density at radius 2 is 0.703 bits per heavy atom. The summed E-state index contributed by atoms with van der Waals surface area (Å²) in [4.78, 5) is 40.3. The van der Waals surface area contributed by atoms with Crippen LogP contribution in [0.25, 0.3) is 0 Å². The number of phosphoric ester groups is 1. The number of nitrogens with zero attached hydrogens (tertiary/aromatic N) is 1. The van der Waals surface area contributed by atoms with Crippen molar-refractivity contribution in [2.45, 2.75) is 367 Å². The normalized spacial score (nSPS) is 14.0. The van der Waals surface area contributed by atoms with Crippen LogP contribution in [-0.2, 0) is 27.9 Å². The highest BCUT2D eigenvalue weighted by Crippen LogP contribution is 2.38. The molecule has 0 heterocycles. The Labute approximate surface area is 564 Å². The second-order valence-corrected chi connectivity index (χ2v) is 28.5. The minimum atomic E-state index is -4.71. The van der Waals surface area contributed by atoms with Crippen LogP contribution in [0.15, 0.2) is 97.2 Å². The van der Waals surface area contributed by atoms with E-state index in [0.717, 1.165) is 109 Å². The lowest BCUT2D eigenvalue weighted by Gasteiger charge is -2.30. The van der Waals surface area contributed by atoms with E-state index in [1.807, 2.05) is 33.3 Å². The molecule has 0 aromatic rings. The lowest BCUT2D eigenvalue weighted by molar-refractivity contribution is -0.870. The van der Waals surface area contributed by atoms with Crippen LogP contribution in [0.3, 0.4) is 0 Å². The number of unbranched alkanes of at least 4 members (excludes halogenated alkanes) is 40. The lowest BCUT2D eigenvalue weighted by Crippen LogP contribution is -2.47. The molecule has 0 aromatic carbocycles. The van der Waals surface area contributed by atoms with Gasteiger partial charge in [0.25, 0.3) is 7.82 Å². The minimum absolute atomic E-state index is 0.0266. The van der Waals surface area contributed by atoms with Crippen LogP contribution in [0.1, 0.15) is 355 Å². The Bertz CT molecular complexity index is 1880. The molecule has 9 nitrogen and oxygen atoms in total. The highest BCUT2D eigenvalue weighted by molar-refractivity contribution is 7.45. The van der Waals surface area contributed by atoms with E-state index in [1.54, 1.807) is 0 Å². The summed E-state index contributed by atoms with van der Waals surface area (Å²) in [6.45, 7) is 6.75. The number of nitrogens with one attached hydrogen (secondary N) is 1. The van der Waals surface area contributed by atoms with E-state index in [2.05, 4.69) is 111 Å². The van der Waals surface area contributed by atoms with Gasteiger partial charge in [-0.3, -0.25) is 14.2 Å². The van der Waals surface area contributed by atoms with Gasteiger partial charge in [0.05, 0.1) is 33.8 Å². The van der Waals surface area contributed by atoms with Crippen LogP contribution in [0.2, 0.25) is 0 Å². The number of phosphoric acid groups is 1. The van der Waals surface area contributed by atoms with Crippen LogP contribution in [0.4, 0.5) is 0 Å². The van der Waals surface area contributed by atoms with E-state index in [0.29, 0.717) is 17.4 Å². The lowest BCUT2D eigenvalue weighted by atomic mass is 10.0. The molecule has 1 amide bonds. The summed E-state index contributed by atoms with van der Waals surface area (Å²) >= 11 is 0.